The van der Waals surface area contributed by atoms with Crippen molar-refractivity contribution in [2.45, 2.75) is 33.4 Å². The van der Waals surface area contributed by atoms with Gasteiger partial charge in [-0.1, -0.05) is 55.5 Å². The smallest absolute Gasteiger partial charge is 0.326 e. The van der Waals surface area contributed by atoms with Crippen molar-refractivity contribution in [1.29, 1.82) is 0 Å². The monoisotopic (exact) mass is 363 g/mol. The lowest BCUT2D eigenvalue weighted by atomic mass is 10.1. The predicted octanol–water partition coefficient (Wildman–Crippen LogP) is 3.71. The maximum atomic E-state index is 11.8. The van der Waals surface area contributed by atoms with Gasteiger partial charge in [0.25, 0.3) is 0 Å². The lowest BCUT2D eigenvalue weighted by molar-refractivity contribution is -0.170. The molecule has 4 rings (SSSR count). The Labute approximate surface area is 161 Å². The molecule has 140 valence electrons. The molecule has 4 nitrogen and oxygen atoms in total. The zero-order valence-electron chi connectivity index (χ0n) is 16.1. The van der Waals surface area contributed by atoms with Crippen molar-refractivity contribution in [3.63, 3.8) is 0 Å². The molecule has 0 radical (unpaired) electrons. The van der Waals surface area contributed by atoms with Crippen LogP contribution in [0.15, 0.2) is 48.5 Å². The number of cyclic esters (lactones) is 1. The number of nitrogens with zero attached hydrogens (tertiary/aromatic N) is 1. The molecule has 2 aliphatic rings. The fourth-order valence-electron chi connectivity index (χ4n) is 3.12. The third-order valence-electron chi connectivity index (χ3n) is 4.59. The van der Waals surface area contributed by atoms with Crippen LogP contribution in [0.1, 0.15) is 36.1 Å². The van der Waals surface area contributed by atoms with E-state index in [-0.39, 0.29) is 17.9 Å². The molecule has 0 aliphatic carbocycles. The van der Waals surface area contributed by atoms with Crippen LogP contribution >= 0.6 is 0 Å². The average Bonchev–Trinajstić information content (AvgIpc) is 3.28. The number of carbonyl (C=O) groups is 1. The highest BCUT2D eigenvalue weighted by atomic mass is 16.7. The summed E-state index contributed by atoms with van der Waals surface area (Å²) in [7, 11) is 0. The zero-order chi connectivity index (χ0) is 19.2. The van der Waals surface area contributed by atoms with E-state index in [1.54, 1.807) is 5.06 Å². The van der Waals surface area contributed by atoms with Crippen LogP contribution in [0.2, 0.25) is 0 Å². The van der Waals surface area contributed by atoms with Gasteiger partial charge in [-0.05, 0) is 36.8 Å². The van der Waals surface area contributed by atoms with Crippen LogP contribution in [0.25, 0.3) is 0 Å². The number of ether oxygens (including phenoxy) is 1. The number of benzene rings is 2. The predicted molar refractivity (Wildman–Crippen MR) is 105 cm³/mol. The molecule has 0 spiro atoms. The van der Waals surface area contributed by atoms with Gasteiger partial charge in [0.1, 0.15) is 6.04 Å². The normalized spacial score (nSPS) is 20.8. The quantitative estimate of drug-likeness (QED) is 0.602. The van der Waals surface area contributed by atoms with Crippen molar-refractivity contribution < 1.29 is 14.4 Å². The first-order chi connectivity index (χ1) is 13.2. The lowest BCUT2D eigenvalue weighted by Gasteiger charge is -2.18. The number of esters is 1. The highest BCUT2D eigenvalue weighted by Crippen LogP contribution is 2.29. The Morgan fingerprint density at radius 2 is 1.56 bits per heavy atom. The lowest BCUT2D eigenvalue weighted by Crippen LogP contribution is -2.34. The number of hydroxylamine groups is 2. The Morgan fingerprint density at radius 3 is 2.19 bits per heavy atom. The first kappa shape index (κ1) is 19.2. The van der Waals surface area contributed by atoms with Gasteiger partial charge in [0, 0.05) is 17.0 Å². The van der Waals surface area contributed by atoms with Crippen molar-refractivity contribution >= 4 is 5.97 Å². The maximum absolute atomic E-state index is 11.8. The van der Waals surface area contributed by atoms with E-state index in [9.17, 15) is 4.79 Å². The number of rotatable bonds is 2. The van der Waals surface area contributed by atoms with Gasteiger partial charge >= 0.3 is 5.97 Å². The molecule has 0 unspecified atom stereocenters. The van der Waals surface area contributed by atoms with Crippen molar-refractivity contribution in [2.75, 3.05) is 13.2 Å². The molecule has 2 aromatic carbocycles. The van der Waals surface area contributed by atoms with Crippen LogP contribution in [0.5, 0.6) is 0 Å². The highest BCUT2D eigenvalue weighted by Gasteiger charge is 2.47. The van der Waals surface area contributed by atoms with Gasteiger partial charge in [-0.2, -0.15) is 5.06 Å². The number of hydrogen-bond donors (Lipinski definition) is 0. The standard InChI is InChI=1S/C21H19NO3.C2H6/c1-15-2-4-16(5-3-15)6-7-17-8-10-18(11-9-17)12-22-20-19(14-25-22)13-24-21(20)23;1-2/h2-5,8-11,19-20H,12-14H2,1H3;1-2H3/t19-,20+;/m1./s1. The van der Waals surface area contributed by atoms with E-state index in [1.165, 1.54) is 5.56 Å². The molecule has 2 heterocycles. The molecular formula is C23H25NO3. The fourth-order valence-corrected chi connectivity index (χ4v) is 3.12. The molecule has 2 saturated heterocycles. The Kier molecular flexibility index (Phi) is 6.28. The maximum Gasteiger partial charge on any atom is 0.326 e. The molecule has 0 aromatic heterocycles. The number of hydrogen-bond acceptors (Lipinski definition) is 4. The van der Waals surface area contributed by atoms with Gasteiger partial charge in [0.15, 0.2) is 0 Å². The van der Waals surface area contributed by atoms with Crippen LogP contribution in [0.3, 0.4) is 0 Å². The molecule has 2 fully saturated rings. The second-order valence-electron chi connectivity index (χ2n) is 6.52. The number of carbonyl (C=O) groups excluding carboxylic acids is 1. The number of aryl methyl sites for hydroxylation is 1. The fraction of sp³-hybridized carbons (Fsp3) is 0.348. The summed E-state index contributed by atoms with van der Waals surface area (Å²) in [6.45, 7) is 7.65. The van der Waals surface area contributed by atoms with Crippen LogP contribution in [0, 0.1) is 24.7 Å². The Morgan fingerprint density at radius 1 is 0.963 bits per heavy atom. The van der Waals surface area contributed by atoms with E-state index in [0.717, 1.165) is 16.7 Å². The van der Waals surface area contributed by atoms with Gasteiger partial charge in [0.2, 0.25) is 0 Å². The summed E-state index contributed by atoms with van der Waals surface area (Å²) in [5.41, 5.74) is 4.28. The molecule has 2 aromatic rings. The molecule has 2 aliphatic heterocycles. The first-order valence-corrected chi connectivity index (χ1v) is 9.43. The van der Waals surface area contributed by atoms with Crippen LogP contribution in [-0.2, 0) is 20.9 Å². The van der Waals surface area contributed by atoms with E-state index < -0.39 is 0 Å². The molecular weight excluding hydrogens is 338 g/mol. The van der Waals surface area contributed by atoms with E-state index in [1.807, 2.05) is 50.2 Å². The minimum Gasteiger partial charge on any atom is -0.464 e. The second kappa shape index (κ2) is 8.85. The Hall–Kier alpha value is -2.61. The molecule has 0 saturated carbocycles. The van der Waals surface area contributed by atoms with Crippen molar-refractivity contribution in [2.24, 2.45) is 5.92 Å². The highest BCUT2D eigenvalue weighted by molar-refractivity contribution is 5.78. The van der Waals surface area contributed by atoms with Crippen molar-refractivity contribution in [3.8, 4) is 11.8 Å². The van der Waals surface area contributed by atoms with Gasteiger partial charge in [-0.15, -0.1) is 0 Å². The first-order valence-electron chi connectivity index (χ1n) is 9.43. The van der Waals surface area contributed by atoms with Crippen LogP contribution < -0.4 is 0 Å². The summed E-state index contributed by atoms with van der Waals surface area (Å²) < 4.78 is 5.11. The Balaban J connectivity index is 0.00000102. The van der Waals surface area contributed by atoms with E-state index >= 15 is 0 Å². The summed E-state index contributed by atoms with van der Waals surface area (Å²) in [5, 5.41) is 1.74. The number of fused-ring (bicyclic) bond motifs is 1. The summed E-state index contributed by atoms with van der Waals surface area (Å²) in [6, 6.07) is 16.0. The van der Waals surface area contributed by atoms with E-state index in [4.69, 9.17) is 9.57 Å². The zero-order valence-corrected chi connectivity index (χ0v) is 16.1. The summed E-state index contributed by atoms with van der Waals surface area (Å²) in [5.74, 6) is 6.33. The van der Waals surface area contributed by atoms with Crippen molar-refractivity contribution in [3.05, 3.63) is 70.8 Å². The minimum absolute atomic E-state index is 0.159. The molecule has 2 atom stereocenters. The van der Waals surface area contributed by atoms with Gasteiger partial charge in [0.05, 0.1) is 19.8 Å². The largest absolute Gasteiger partial charge is 0.464 e. The average molecular weight is 363 g/mol. The summed E-state index contributed by atoms with van der Waals surface area (Å²) in [4.78, 5) is 17.4. The Bertz CT molecular complexity index is 831. The molecule has 0 N–H and O–H groups in total. The third-order valence-corrected chi connectivity index (χ3v) is 4.59. The van der Waals surface area contributed by atoms with Crippen LogP contribution in [-0.4, -0.2) is 30.3 Å². The van der Waals surface area contributed by atoms with Gasteiger partial charge in [-0.25, -0.2) is 0 Å². The van der Waals surface area contributed by atoms with E-state index in [0.29, 0.717) is 19.8 Å². The van der Waals surface area contributed by atoms with Crippen molar-refractivity contribution in [1.82, 2.24) is 5.06 Å². The molecule has 0 amide bonds. The van der Waals surface area contributed by atoms with E-state index in [2.05, 4.69) is 30.9 Å². The SMILES string of the molecule is CC.Cc1ccc(C#Cc2ccc(CN3OC[C@H]4COC(=O)[C@H]43)cc2)cc1. The minimum atomic E-state index is -0.263. The molecule has 4 heteroatoms. The molecule has 0 bridgehead atoms. The summed E-state index contributed by atoms with van der Waals surface area (Å²) >= 11 is 0. The molecule has 27 heavy (non-hydrogen) atoms. The third kappa shape index (κ3) is 4.57. The topological polar surface area (TPSA) is 38.8 Å². The second-order valence-corrected chi connectivity index (χ2v) is 6.52. The van der Waals surface area contributed by atoms with Gasteiger partial charge in [-0.3, -0.25) is 9.63 Å². The van der Waals surface area contributed by atoms with Crippen LogP contribution in [0.4, 0.5) is 0 Å². The summed E-state index contributed by atoms with van der Waals surface area (Å²) in [6.07, 6.45) is 0. The van der Waals surface area contributed by atoms with Gasteiger partial charge < -0.3 is 4.74 Å².